The van der Waals surface area contributed by atoms with Crippen LogP contribution in [0.1, 0.15) is 11.3 Å². The predicted octanol–water partition coefficient (Wildman–Crippen LogP) is 4.26. The summed E-state index contributed by atoms with van der Waals surface area (Å²) in [6, 6.07) is 10.3. The molecule has 5 rings (SSSR count). The Bertz CT molecular complexity index is 1200. The van der Waals surface area contributed by atoms with E-state index >= 15 is 0 Å². The van der Waals surface area contributed by atoms with Crippen LogP contribution in [0.25, 0.3) is 37.1 Å². The lowest BCUT2D eigenvalue weighted by Gasteiger charge is -1.99. The normalized spacial score (nSPS) is 12.1. The molecule has 0 aliphatic rings. The van der Waals surface area contributed by atoms with E-state index in [0.29, 0.717) is 0 Å². The number of fused-ring (bicyclic) bond motifs is 7. The summed E-state index contributed by atoms with van der Waals surface area (Å²) in [6.07, 6.45) is 1.87. The zero-order valence-corrected chi connectivity index (χ0v) is 13.0. The Hall–Kier alpha value is -2.53. The van der Waals surface area contributed by atoms with Crippen LogP contribution in [0.2, 0.25) is 0 Å². The largest absolute Gasteiger partial charge is 0.282 e. The third-order valence-electron chi connectivity index (χ3n) is 4.06. The molecular formula is C17H12N4S. The Labute approximate surface area is 130 Å². The maximum atomic E-state index is 4.80. The number of para-hydroxylation sites is 2. The van der Waals surface area contributed by atoms with Gasteiger partial charge in [0.1, 0.15) is 11.2 Å². The van der Waals surface area contributed by atoms with Crippen molar-refractivity contribution in [1.82, 2.24) is 19.4 Å². The Balaban J connectivity index is 2.06. The summed E-state index contributed by atoms with van der Waals surface area (Å²) in [5.74, 6) is 0. The zero-order valence-electron chi connectivity index (χ0n) is 12.2. The fourth-order valence-corrected chi connectivity index (χ4v) is 4.36. The molecule has 4 nitrogen and oxygen atoms in total. The van der Waals surface area contributed by atoms with Crippen molar-refractivity contribution in [1.29, 1.82) is 0 Å². The summed E-state index contributed by atoms with van der Waals surface area (Å²) in [5, 5.41) is 1.15. The number of benzene rings is 1. The predicted molar refractivity (Wildman–Crippen MR) is 90.7 cm³/mol. The molecule has 1 aromatic carbocycles. The van der Waals surface area contributed by atoms with Gasteiger partial charge in [-0.15, -0.1) is 11.3 Å². The molecule has 0 radical (unpaired) electrons. The van der Waals surface area contributed by atoms with Crippen LogP contribution in [0.5, 0.6) is 0 Å². The zero-order chi connectivity index (χ0) is 14.8. The number of thiophene rings is 1. The van der Waals surface area contributed by atoms with Crippen molar-refractivity contribution < 1.29 is 0 Å². The maximum absolute atomic E-state index is 4.80. The van der Waals surface area contributed by atoms with E-state index in [-0.39, 0.29) is 0 Å². The van der Waals surface area contributed by atoms with Crippen LogP contribution in [-0.4, -0.2) is 19.4 Å². The monoisotopic (exact) mass is 304 g/mol. The van der Waals surface area contributed by atoms with Crippen molar-refractivity contribution in [3.8, 4) is 0 Å². The van der Waals surface area contributed by atoms with Gasteiger partial charge >= 0.3 is 0 Å². The molecule has 4 aromatic heterocycles. The highest BCUT2D eigenvalue weighted by atomic mass is 32.1. The maximum Gasteiger partial charge on any atom is 0.158 e. The average Bonchev–Trinajstić information content (AvgIpc) is 3.04. The van der Waals surface area contributed by atoms with Gasteiger partial charge in [0.05, 0.1) is 21.3 Å². The number of imidazole rings is 1. The first kappa shape index (κ1) is 12.1. The SMILES string of the molecule is Cc1cc(C)c2c(n1)sc1c2ncn2c3ccccc3nc12. The standard InChI is InChI=1S/C17H12N4S/c1-9-7-10(2)19-17-13(9)14-15(22-17)16-20-11-5-3-4-6-12(11)21(16)8-18-14/h3-8H,1-2H3. The number of hydrogen-bond donors (Lipinski definition) is 0. The summed E-state index contributed by atoms with van der Waals surface area (Å²) < 4.78 is 3.17. The van der Waals surface area contributed by atoms with Gasteiger partial charge in [-0.25, -0.2) is 15.0 Å². The van der Waals surface area contributed by atoms with E-state index in [1.165, 1.54) is 5.56 Å². The van der Waals surface area contributed by atoms with Crippen LogP contribution in [0.4, 0.5) is 0 Å². The number of aryl methyl sites for hydroxylation is 2. The first-order valence-corrected chi connectivity index (χ1v) is 7.96. The summed E-state index contributed by atoms with van der Waals surface area (Å²) in [5.41, 5.74) is 6.32. The van der Waals surface area contributed by atoms with E-state index in [2.05, 4.69) is 28.4 Å². The third kappa shape index (κ3) is 1.43. The molecule has 0 aliphatic heterocycles. The molecule has 22 heavy (non-hydrogen) atoms. The van der Waals surface area contributed by atoms with E-state index in [1.54, 1.807) is 11.3 Å². The molecule has 5 aromatic rings. The lowest BCUT2D eigenvalue weighted by Crippen LogP contribution is -1.88. The lowest BCUT2D eigenvalue weighted by molar-refractivity contribution is 1.16. The molecule has 0 unspecified atom stereocenters. The molecule has 106 valence electrons. The smallest absolute Gasteiger partial charge is 0.158 e. The van der Waals surface area contributed by atoms with Gasteiger partial charge in [0.2, 0.25) is 0 Å². The molecule has 0 fully saturated rings. The minimum absolute atomic E-state index is 0.964. The van der Waals surface area contributed by atoms with Crippen LogP contribution in [0.15, 0.2) is 36.7 Å². The molecule has 0 spiro atoms. The van der Waals surface area contributed by atoms with E-state index in [9.17, 15) is 0 Å². The summed E-state index contributed by atoms with van der Waals surface area (Å²) in [6.45, 7) is 4.15. The summed E-state index contributed by atoms with van der Waals surface area (Å²) in [7, 11) is 0. The van der Waals surface area contributed by atoms with Crippen molar-refractivity contribution in [2.45, 2.75) is 13.8 Å². The van der Waals surface area contributed by atoms with Crippen molar-refractivity contribution in [2.75, 3.05) is 0 Å². The average molecular weight is 304 g/mol. The second-order valence-corrected chi connectivity index (χ2v) is 6.58. The van der Waals surface area contributed by atoms with Gasteiger partial charge in [-0.3, -0.25) is 4.40 Å². The van der Waals surface area contributed by atoms with Crippen LogP contribution in [-0.2, 0) is 0 Å². The number of pyridine rings is 1. The summed E-state index contributed by atoms with van der Waals surface area (Å²) >= 11 is 1.68. The van der Waals surface area contributed by atoms with Gasteiger partial charge in [-0.1, -0.05) is 12.1 Å². The number of nitrogens with zero attached hydrogens (tertiary/aromatic N) is 4. The molecule has 4 heterocycles. The van der Waals surface area contributed by atoms with E-state index in [0.717, 1.165) is 42.8 Å². The number of rotatable bonds is 0. The first-order valence-electron chi connectivity index (χ1n) is 7.14. The van der Waals surface area contributed by atoms with Gasteiger partial charge < -0.3 is 0 Å². The van der Waals surface area contributed by atoms with Crippen molar-refractivity contribution in [3.05, 3.63) is 47.9 Å². The van der Waals surface area contributed by atoms with Crippen LogP contribution >= 0.6 is 11.3 Å². The van der Waals surface area contributed by atoms with Crippen LogP contribution in [0, 0.1) is 13.8 Å². The molecule has 0 atom stereocenters. The van der Waals surface area contributed by atoms with Gasteiger partial charge in [0, 0.05) is 11.1 Å². The Kier molecular flexibility index (Phi) is 2.20. The van der Waals surface area contributed by atoms with Crippen LogP contribution in [0.3, 0.4) is 0 Å². The van der Waals surface area contributed by atoms with Crippen molar-refractivity contribution in [2.24, 2.45) is 0 Å². The van der Waals surface area contributed by atoms with E-state index in [1.807, 2.05) is 31.5 Å². The molecular weight excluding hydrogens is 292 g/mol. The highest BCUT2D eigenvalue weighted by Crippen LogP contribution is 2.36. The Morgan fingerprint density at radius 3 is 2.86 bits per heavy atom. The fraction of sp³-hybridized carbons (Fsp3) is 0.118. The fourth-order valence-electron chi connectivity index (χ4n) is 3.13. The minimum atomic E-state index is 0.964. The molecule has 0 bridgehead atoms. The molecule has 5 heteroatoms. The van der Waals surface area contributed by atoms with Gasteiger partial charge in [0.25, 0.3) is 0 Å². The van der Waals surface area contributed by atoms with Gasteiger partial charge in [0.15, 0.2) is 5.65 Å². The molecule has 0 N–H and O–H groups in total. The molecule has 0 amide bonds. The van der Waals surface area contributed by atoms with Gasteiger partial charge in [-0.05, 0) is 37.6 Å². The van der Waals surface area contributed by atoms with E-state index in [4.69, 9.17) is 9.97 Å². The second kappa shape index (κ2) is 4.01. The highest BCUT2D eigenvalue weighted by molar-refractivity contribution is 7.26. The lowest BCUT2D eigenvalue weighted by atomic mass is 10.1. The first-order chi connectivity index (χ1) is 10.7. The highest BCUT2D eigenvalue weighted by Gasteiger charge is 2.15. The topological polar surface area (TPSA) is 43.1 Å². The third-order valence-corrected chi connectivity index (χ3v) is 5.13. The minimum Gasteiger partial charge on any atom is -0.282 e. The Morgan fingerprint density at radius 2 is 1.95 bits per heavy atom. The number of hydrogen-bond acceptors (Lipinski definition) is 4. The Morgan fingerprint density at radius 1 is 1.09 bits per heavy atom. The molecule has 0 saturated heterocycles. The second-order valence-electron chi connectivity index (χ2n) is 5.58. The van der Waals surface area contributed by atoms with Crippen LogP contribution < -0.4 is 0 Å². The quantitative estimate of drug-likeness (QED) is 0.429. The van der Waals surface area contributed by atoms with E-state index < -0.39 is 0 Å². The number of aromatic nitrogens is 4. The summed E-state index contributed by atoms with van der Waals surface area (Å²) in [4.78, 5) is 15.2. The van der Waals surface area contributed by atoms with Gasteiger partial charge in [-0.2, -0.15) is 0 Å². The molecule has 0 aliphatic carbocycles. The molecule has 0 saturated carbocycles. The van der Waals surface area contributed by atoms with Crippen molar-refractivity contribution in [3.63, 3.8) is 0 Å². The van der Waals surface area contributed by atoms with Crippen molar-refractivity contribution >= 4 is 48.5 Å².